The largest absolute Gasteiger partial charge is 0.318 e. The topological polar surface area (TPSA) is 77.1 Å². The van der Waals surface area contributed by atoms with E-state index in [0.717, 1.165) is 11.7 Å². The fourth-order valence-electron chi connectivity index (χ4n) is 2.42. The Morgan fingerprint density at radius 3 is 2.88 bits per heavy atom. The van der Waals surface area contributed by atoms with Crippen LogP contribution in [0.1, 0.15) is 10.6 Å². The van der Waals surface area contributed by atoms with Crippen LogP contribution >= 0.6 is 0 Å². The first-order valence-corrected chi connectivity index (χ1v) is 7.10. The van der Waals surface area contributed by atoms with E-state index in [4.69, 9.17) is 0 Å². The maximum absolute atomic E-state index is 13.2. The highest BCUT2D eigenvalue weighted by molar-refractivity contribution is 6.02. The van der Waals surface area contributed by atoms with Gasteiger partial charge in [-0.3, -0.25) is 18.7 Å². The molecule has 0 aliphatic carbocycles. The number of nitrogens with zero attached hydrogens (tertiary/aromatic N) is 5. The zero-order valence-corrected chi connectivity index (χ0v) is 12.3. The summed E-state index contributed by atoms with van der Waals surface area (Å²) in [4.78, 5) is 24.7. The standard InChI is InChI=1S/C16H11FN6O/c17-11-7-12(9-19-8-11)20-16(24)15-21-14(22-6-4-18-10-22)13-3-1-2-5-23(13)15/h1-10H,(H,20,24). The van der Waals surface area contributed by atoms with Crippen molar-refractivity contribution in [2.75, 3.05) is 5.32 Å². The summed E-state index contributed by atoms with van der Waals surface area (Å²) < 4.78 is 16.6. The highest BCUT2D eigenvalue weighted by Crippen LogP contribution is 2.18. The van der Waals surface area contributed by atoms with Gasteiger partial charge < -0.3 is 5.32 Å². The molecule has 0 saturated heterocycles. The minimum Gasteiger partial charge on any atom is -0.318 e. The Balaban J connectivity index is 1.78. The third-order valence-corrected chi connectivity index (χ3v) is 3.44. The molecule has 7 nitrogen and oxygen atoms in total. The molecule has 8 heteroatoms. The van der Waals surface area contributed by atoms with Crippen LogP contribution in [-0.4, -0.2) is 29.8 Å². The second kappa shape index (κ2) is 5.58. The normalized spacial score (nSPS) is 10.9. The highest BCUT2D eigenvalue weighted by atomic mass is 19.1. The molecule has 24 heavy (non-hydrogen) atoms. The first kappa shape index (κ1) is 14.1. The van der Waals surface area contributed by atoms with Gasteiger partial charge in [0.15, 0.2) is 5.82 Å². The van der Waals surface area contributed by atoms with E-state index >= 15 is 0 Å². The molecule has 118 valence electrons. The minimum atomic E-state index is -0.528. The van der Waals surface area contributed by atoms with Crippen molar-refractivity contribution in [2.24, 2.45) is 0 Å². The molecule has 0 aliphatic heterocycles. The van der Waals surface area contributed by atoms with E-state index in [9.17, 15) is 9.18 Å². The fraction of sp³-hybridized carbons (Fsp3) is 0. The quantitative estimate of drug-likeness (QED) is 0.628. The van der Waals surface area contributed by atoms with Crippen LogP contribution in [-0.2, 0) is 0 Å². The molecule has 0 aliphatic rings. The average Bonchev–Trinajstić information content (AvgIpc) is 3.22. The van der Waals surface area contributed by atoms with Crippen LogP contribution in [0.5, 0.6) is 0 Å². The van der Waals surface area contributed by atoms with Crippen LogP contribution in [0.15, 0.2) is 61.6 Å². The number of nitrogens with one attached hydrogen (secondary N) is 1. The van der Waals surface area contributed by atoms with Crippen LogP contribution < -0.4 is 5.32 Å². The van der Waals surface area contributed by atoms with Crippen LogP contribution in [0, 0.1) is 5.82 Å². The predicted molar refractivity (Wildman–Crippen MR) is 84.5 cm³/mol. The number of amides is 1. The molecule has 4 aromatic heterocycles. The Kier molecular flexibility index (Phi) is 3.27. The van der Waals surface area contributed by atoms with Crippen molar-refractivity contribution in [2.45, 2.75) is 0 Å². The summed E-state index contributed by atoms with van der Waals surface area (Å²) in [5.74, 6) is -0.232. The van der Waals surface area contributed by atoms with Crippen LogP contribution in [0.2, 0.25) is 0 Å². The van der Waals surface area contributed by atoms with Crippen molar-refractivity contribution < 1.29 is 9.18 Å². The number of anilines is 1. The molecule has 1 amide bonds. The molecule has 4 aromatic rings. The molecule has 0 bridgehead atoms. The lowest BCUT2D eigenvalue weighted by molar-refractivity contribution is 0.101. The maximum Gasteiger partial charge on any atom is 0.292 e. The summed E-state index contributed by atoms with van der Waals surface area (Å²) in [6.07, 6.45) is 9.15. The number of hydrogen-bond donors (Lipinski definition) is 1. The van der Waals surface area contributed by atoms with Crippen molar-refractivity contribution >= 4 is 17.1 Å². The number of hydrogen-bond acceptors (Lipinski definition) is 4. The number of carbonyl (C=O) groups is 1. The molecule has 0 radical (unpaired) electrons. The van der Waals surface area contributed by atoms with E-state index in [1.165, 1.54) is 12.3 Å². The smallest absolute Gasteiger partial charge is 0.292 e. The van der Waals surface area contributed by atoms with Gasteiger partial charge in [-0.2, -0.15) is 0 Å². The summed E-state index contributed by atoms with van der Waals surface area (Å²) in [5.41, 5.74) is 1.01. The zero-order chi connectivity index (χ0) is 16.5. The number of pyridine rings is 2. The van der Waals surface area contributed by atoms with E-state index in [-0.39, 0.29) is 11.5 Å². The van der Waals surface area contributed by atoms with Crippen LogP contribution in [0.3, 0.4) is 0 Å². The van der Waals surface area contributed by atoms with Crippen molar-refractivity contribution in [3.63, 3.8) is 0 Å². The second-order valence-electron chi connectivity index (χ2n) is 5.03. The lowest BCUT2D eigenvalue weighted by Gasteiger charge is -2.03. The molecule has 0 unspecified atom stereocenters. The van der Waals surface area contributed by atoms with Crippen LogP contribution in [0.25, 0.3) is 11.3 Å². The molecule has 0 spiro atoms. The Hall–Kier alpha value is -3.55. The van der Waals surface area contributed by atoms with Gasteiger partial charge in [0.2, 0.25) is 5.82 Å². The van der Waals surface area contributed by atoms with Gasteiger partial charge in [-0.1, -0.05) is 6.07 Å². The van der Waals surface area contributed by atoms with Gasteiger partial charge >= 0.3 is 0 Å². The second-order valence-corrected chi connectivity index (χ2v) is 5.03. The monoisotopic (exact) mass is 322 g/mol. The lowest BCUT2D eigenvalue weighted by atomic mass is 10.4. The van der Waals surface area contributed by atoms with Crippen molar-refractivity contribution in [3.8, 4) is 5.82 Å². The molecular weight excluding hydrogens is 311 g/mol. The Morgan fingerprint density at radius 2 is 2.08 bits per heavy atom. The summed E-state index contributed by atoms with van der Waals surface area (Å²) in [5, 5.41) is 2.60. The molecule has 4 heterocycles. The van der Waals surface area contributed by atoms with Gasteiger partial charge in [-0.05, 0) is 12.1 Å². The number of carbonyl (C=O) groups excluding carboxylic acids is 1. The van der Waals surface area contributed by atoms with E-state index in [1.54, 1.807) is 40.0 Å². The van der Waals surface area contributed by atoms with Crippen molar-refractivity contribution in [3.05, 3.63) is 73.2 Å². The molecule has 1 N–H and O–H groups in total. The third-order valence-electron chi connectivity index (χ3n) is 3.44. The highest BCUT2D eigenvalue weighted by Gasteiger charge is 2.18. The summed E-state index contributed by atoms with van der Waals surface area (Å²) in [6, 6.07) is 6.70. The first-order valence-electron chi connectivity index (χ1n) is 7.10. The predicted octanol–water partition coefficient (Wildman–Crippen LogP) is 2.31. The van der Waals surface area contributed by atoms with E-state index < -0.39 is 11.7 Å². The molecule has 0 aromatic carbocycles. The zero-order valence-electron chi connectivity index (χ0n) is 12.3. The molecule has 4 rings (SSSR count). The Labute approximate surface area is 135 Å². The number of halogens is 1. The molecule has 0 fully saturated rings. The van der Waals surface area contributed by atoms with E-state index in [1.807, 2.05) is 12.1 Å². The summed E-state index contributed by atoms with van der Waals surface area (Å²) in [7, 11) is 0. The lowest BCUT2D eigenvalue weighted by Crippen LogP contribution is -2.16. The van der Waals surface area contributed by atoms with Gasteiger partial charge in [0, 0.05) is 24.7 Å². The number of imidazole rings is 2. The Morgan fingerprint density at radius 1 is 1.17 bits per heavy atom. The van der Waals surface area contributed by atoms with E-state index in [0.29, 0.717) is 5.82 Å². The minimum absolute atomic E-state index is 0.179. The van der Waals surface area contributed by atoms with Gasteiger partial charge in [0.05, 0.1) is 23.6 Å². The third kappa shape index (κ3) is 2.39. The average molecular weight is 322 g/mol. The summed E-state index contributed by atoms with van der Waals surface area (Å²) >= 11 is 0. The van der Waals surface area contributed by atoms with Crippen LogP contribution in [0.4, 0.5) is 10.1 Å². The van der Waals surface area contributed by atoms with E-state index in [2.05, 4.69) is 20.3 Å². The van der Waals surface area contributed by atoms with Gasteiger partial charge in [-0.15, -0.1) is 0 Å². The van der Waals surface area contributed by atoms with Crippen molar-refractivity contribution in [1.82, 2.24) is 23.9 Å². The maximum atomic E-state index is 13.2. The Bertz CT molecular complexity index is 1020. The number of rotatable bonds is 3. The van der Waals surface area contributed by atoms with Gasteiger partial charge in [0.1, 0.15) is 12.1 Å². The number of aromatic nitrogens is 5. The molecule has 0 saturated carbocycles. The van der Waals surface area contributed by atoms with Gasteiger partial charge in [0.25, 0.3) is 5.91 Å². The summed E-state index contributed by atoms with van der Waals surface area (Å²) in [6.45, 7) is 0. The van der Waals surface area contributed by atoms with Crippen molar-refractivity contribution in [1.29, 1.82) is 0 Å². The first-order chi connectivity index (χ1) is 11.7. The van der Waals surface area contributed by atoms with Gasteiger partial charge in [-0.25, -0.2) is 14.4 Å². The fourth-order valence-corrected chi connectivity index (χ4v) is 2.42. The molecular formula is C16H11FN6O. The SMILES string of the molecule is O=C(Nc1cncc(F)c1)c1nc(-n2ccnc2)c2ccccn12. The molecule has 0 atom stereocenters. The number of fused-ring (bicyclic) bond motifs is 1.